The van der Waals surface area contributed by atoms with E-state index in [4.69, 9.17) is 4.74 Å². The molecule has 20 heavy (non-hydrogen) atoms. The number of halogens is 3. The lowest BCUT2D eigenvalue weighted by Gasteiger charge is -2.15. The van der Waals surface area contributed by atoms with Crippen LogP contribution >= 0.6 is 28.3 Å². The Kier molecular flexibility index (Phi) is 9.54. The maximum absolute atomic E-state index is 12.9. The summed E-state index contributed by atoms with van der Waals surface area (Å²) in [6.45, 7) is 5.78. The topological polar surface area (TPSA) is 50.4 Å². The minimum absolute atomic E-state index is 0. The van der Waals surface area contributed by atoms with Crippen molar-refractivity contribution in [1.29, 1.82) is 0 Å². The van der Waals surface area contributed by atoms with Crippen LogP contribution in [0.5, 0.6) is 5.75 Å². The van der Waals surface area contributed by atoms with Crippen molar-refractivity contribution < 1.29 is 13.9 Å². The van der Waals surface area contributed by atoms with E-state index in [1.807, 2.05) is 6.92 Å². The quantitative estimate of drug-likeness (QED) is 0.726. The number of amides is 1. The van der Waals surface area contributed by atoms with Crippen LogP contribution in [0.15, 0.2) is 22.7 Å². The Labute approximate surface area is 133 Å². The Balaban J connectivity index is 0.00000361. The molecule has 0 fully saturated rings. The summed E-state index contributed by atoms with van der Waals surface area (Å²) in [7, 11) is 0. The molecule has 1 aromatic rings. The van der Waals surface area contributed by atoms with Gasteiger partial charge in [-0.3, -0.25) is 4.79 Å². The lowest BCUT2D eigenvalue weighted by Crippen LogP contribution is -2.39. The van der Waals surface area contributed by atoms with Crippen molar-refractivity contribution in [3.05, 3.63) is 28.5 Å². The lowest BCUT2D eigenvalue weighted by molar-refractivity contribution is -0.127. The SMILES string of the molecule is CCNCCNC(=O)C(C)Oc1ccc(F)cc1Br.Cl. The van der Waals surface area contributed by atoms with E-state index < -0.39 is 6.10 Å². The highest BCUT2D eigenvalue weighted by Crippen LogP contribution is 2.26. The Bertz CT molecular complexity index is 435. The van der Waals surface area contributed by atoms with E-state index in [2.05, 4.69) is 26.6 Å². The van der Waals surface area contributed by atoms with Gasteiger partial charge < -0.3 is 15.4 Å². The molecule has 1 amide bonds. The predicted molar refractivity (Wildman–Crippen MR) is 83.0 cm³/mol. The van der Waals surface area contributed by atoms with Crippen LogP contribution in [0.25, 0.3) is 0 Å². The van der Waals surface area contributed by atoms with Gasteiger partial charge in [-0.15, -0.1) is 12.4 Å². The van der Waals surface area contributed by atoms with Gasteiger partial charge in [0.05, 0.1) is 4.47 Å². The molecule has 7 heteroatoms. The third-order valence-corrected chi connectivity index (χ3v) is 3.04. The van der Waals surface area contributed by atoms with E-state index in [-0.39, 0.29) is 24.1 Å². The van der Waals surface area contributed by atoms with Gasteiger partial charge in [-0.25, -0.2) is 4.39 Å². The van der Waals surface area contributed by atoms with Gasteiger partial charge in [0.25, 0.3) is 5.91 Å². The highest BCUT2D eigenvalue weighted by Gasteiger charge is 2.15. The summed E-state index contributed by atoms with van der Waals surface area (Å²) in [6.07, 6.45) is -0.636. The van der Waals surface area contributed by atoms with E-state index in [9.17, 15) is 9.18 Å². The summed E-state index contributed by atoms with van der Waals surface area (Å²) in [5, 5.41) is 5.86. The number of rotatable bonds is 7. The van der Waals surface area contributed by atoms with E-state index in [0.29, 0.717) is 16.8 Å². The van der Waals surface area contributed by atoms with Crippen LogP contribution in [-0.4, -0.2) is 31.6 Å². The third-order valence-electron chi connectivity index (χ3n) is 2.42. The zero-order valence-corrected chi connectivity index (χ0v) is 13.8. The Morgan fingerprint density at radius 1 is 1.45 bits per heavy atom. The van der Waals surface area contributed by atoms with Gasteiger partial charge in [0.1, 0.15) is 11.6 Å². The lowest BCUT2D eigenvalue weighted by atomic mass is 10.3. The van der Waals surface area contributed by atoms with E-state index >= 15 is 0 Å². The zero-order chi connectivity index (χ0) is 14.3. The Hall–Kier alpha value is -0.850. The molecule has 0 aliphatic rings. The smallest absolute Gasteiger partial charge is 0.260 e. The molecule has 0 spiro atoms. The number of likely N-dealkylation sites (N-methyl/N-ethyl adjacent to an activating group) is 1. The van der Waals surface area contributed by atoms with Crippen molar-refractivity contribution in [3.8, 4) is 5.75 Å². The highest BCUT2D eigenvalue weighted by molar-refractivity contribution is 9.10. The Morgan fingerprint density at radius 3 is 2.75 bits per heavy atom. The first kappa shape index (κ1) is 19.1. The van der Waals surface area contributed by atoms with Crippen LogP contribution in [0.1, 0.15) is 13.8 Å². The molecular weight excluding hydrogens is 351 g/mol. The monoisotopic (exact) mass is 368 g/mol. The van der Waals surface area contributed by atoms with Crippen molar-refractivity contribution in [1.82, 2.24) is 10.6 Å². The van der Waals surface area contributed by atoms with E-state index in [1.54, 1.807) is 6.92 Å². The minimum atomic E-state index is -0.636. The fraction of sp³-hybridized carbons (Fsp3) is 0.462. The summed E-state index contributed by atoms with van der Waals surface area (Å²) in [5.74, 6) is -0.119. The average Bonchev–Trinajstić information content (AvgIpc) is 2.37. The predicted octanol–water partition coefficient (Wildman–Crippen LogP) is 2.50. The fourth-order valence-electron chi connectivity index (χ4n) is 1.41. The molecule has 1 rings (SSSR count). The molecule has 2 N–H and O–H groups in total. The van der Waals surface area contributed by atoms with E-state index in [1.165, 1.54) is 18.2 Å². The van der Waals surface area contributed by atoms with E-state index in [0.717, 1.165) is 13.1 Å². The second kappa shape index (κ2) is 9.96. The fourth-order valence-corrected chi connectivity index (χ4v) is 1.85. The van der Waals surface area contributed by atoms with Crippen LogP contribution < -0.4 is 15.4 Å². The molecule has 1 atom stereocenters. The number of hydrogen-bond donors (Lipinski definition) is 2. The van der Waals surface area contributed by atoms with Crippen LogP contribution in [0.2, 0.25) is 0 Å². The van der Waals surface area contributed by atoms with Gasteiger partial charge in [0, 0.05) is 13.1 Å². The largest absolute Gasteiger partial charge is 0.480 e. The summed E-state index contributed by atoms with van der Waals surface area (Å²) in [5.41, 5.74) is 0. The van der Waals surface area contributed by atoms with Crippen molar-refractivity contribution in [2.45, 2.75) is 20.0 Å². The number of ether oxygens (including phenoxy) is 1. The molecule has 1 unspecified atom stereocenters. The first-order valence-electron chi connectivity index (χ1n) is 6.14. The Morgan fingerprint density at radius 2 is 2.15 bits per heavy atom. The number of carbonyl (C=O) groups is 1. The molecule has 0 aliphatic heterocycles. The van der Waals surface area contributed by atoms with Crippen LogP contribution in [0.4, 0.5) is 4.39 Å². The molecule has 0 aromatic heterocycles. The number of carbonyl (C=O) groups excluding carboxylic acids is 1. The summed E-state index contributed by atoms with van der Waals surface area (Å²) in [6, 6.07) is 4.07. The summed E-state index contributed by atoms with van der Waals surface area (Å²) >= 11 is 3.19. The summed E-state index contributed by atoms with van der Waals surface area (Å²) in [4.78, 5) is 11.7. The van der Waals surface area contributed by atoms with Gasteiger partial charge in [0.15, 0.2) is 6.10 Å². The van der Waals surface area contributed by atoms with Crippen molar-refractivity contribution in [3.63, 3.8) is 0 Å². The van der Waals surface area contributed by atoms with Gasteiger partial charge in [-0.1, -0.05) is 6.92 Å². The first-order chi connectivity index (χ1) is 9.04. The molecular formula is C13H19BrClFN2O2. The molecule has 0 saturated carbocycles. The third kappa shape index (κ3) is 6.54. The molecule has 0 radical (unpaired) electrons. The highest BCUT2D eigenvalue weighted by atomic mass is 79.9. The maximum atomic E-state index is 12.9. The molecule has 0 bridgehead atoms. The minimum Gasteiger partial charge on any atom is -0.480 e. The molecule has 4 nitrogen and oxygen atoms in total. The van der Waals surface area contributed by atoms with Crippen LogP contribution in [0.3, 0.4) is 0 Å². The van der Waals surface area contributed by atoms with Gasteiger partial charge in [-0.05, 0) is 47.6 Å². The second-order valence-corrected chi connectivity index (χ2v) is 4.83. The van der Waals surface area contributed by atoms with Gasteiger partial charge in [-0.2, -0.15) is 0 Å². The zero-order valence-electron chi connectivity index (χ0n) is 11.4. The maximum Gasteiger partial charge on any atom is 0.260 e. The van der Waals surface area contributed by atoms with Gasteiger partial charge in [0.2, 0.25) is 0 Å². The van der Waals surface area contributed by atoms with Crippen molar-refractivity contribution in [2.24, 2.45) is 0 Å². The molecule has 1 aromatic carbocycles. The standard InChI is InChI=1S/C13H18BrFN2O2.ClH/c1-3-16-6-7-17-13(18)9(2)19-12-5-4-10(15)8-11(12)14;/h4-5,8-9,16H,3,6-7H2,1-2H3,(H,17,18);1H. The van der Waals surface area contributed by atoms with Gasteiger partial charge >= 0.3 is 0 Å². The second-order valence-electron chi connectivity index (χ2n) is 3.98. The van der Waals surface area contributed by atoms with Crippen LogP contribution in [-0.2, 0) is 4.79 Å². The molecule has 0 heterocycles. The van der Waals surface area contributed by atoms with Crippen molar-refractivity contribution >= 4 is 34.2 Å². The first-order valence-corrected chi connectivity index (χ1v) is 6.94. The number of nitrogens with one attached hydrogen (secondary N) is 2. The number of hydrogen-bond acceptors (Lipinski definition) is 3. The van der Waals surface area contributed by atoms with Crippen LogP contribution in [0, 0.1) is 5.82 Å². The molecule has 0 saturated heterocycles. The van der Waals surface area contributed by atoms with Crippen molar-refractivity contribution in [2.75, 3.05) is 19.6 Å². The average molecular weight is 370 g/mol. The molecule has 0 aliphatic carbocycles. The number of benzene rings is 1. The molecule has 114 valence electrons. The summed E-state index contributed by atoms with van der Waals surface area (Å²) < 4.78 is 18.9. The normalized spacial score (nSPS) is 11.4.